The van der Waals surface area contributed by atoms with E-state index in [9.17, 15) is 4.79 Å². The summed E-state index contributed by atoms with van der Waals surface area (Å²) >= 11 is 0. The van der Waals surface area contributed by atoms with Gasteiger partial charge in [0.25, 0.3) is 5.89 Å². The Morgan fingerprint density at radius 3 is 2.76 bits per heavy atom. The maximum absolute atomic E-state index is 12.0. The summed E-state index contributed by atoms with van der Waals surface area (Å²) < 4.78 is 5.55. The van der Waals surface area contributed by atoms with Gasteiger partial charge in [-0.15, -0.1) is 0 Å². The van der Waals surface area contributed by atoms with Crippen molar-refractivity contribution in [3.05, 3.63) is 41.7 Å². The van der Waals surface area contributed by atoms with E-state index >= 15 is 0 Å². The highest BCUT2D eigenvalue weighted by molar-refractivity contribution is 5.93. The Labute approximate surface area is 166 Å². The summed E-state index contributed by atoms with van der Waals surface area (Å²) in [5, 5.41) is 15.0. The van der Waals surface area contributed by atoms with E-state index in [4.69, 9.17) is 4.52 Å². The van der Waals surface area contributed by atoms with Crippen LogP contribution in [0.3, 0.4) is 0 Å². The van der Waals surface area contributed by atoms with Gasteiger partial charge in [0.15, 0.2) is 5.65 Å². The molecule has 1 aliphatic rings. The van der Waals surface area contributed by atoms with Gasteiger partial charge in [0, 0.05) is 35.7 Å². The quantitative estimate of drug-likeness (QED) is 0.556. The molecule has 9 heteroatoms. The highest BCUT2D eigenvalue weighted by atomic mass is 16.5. The Bertz CT molecular complexity index is 1210. The van der Waals surface area contributed by atoms with Crippen molar-refractivity contribution >= 4 is 22.8 Å². The number of urea groups is 1. The molecule has 0 radical (unpaired) electrons. The van der Waals surface area contributed by atoms with Gasteiger partial charge in [-0.1, -0.05) is 5.16 Å². The summed E-state index contributed by atoms with van der Waals surface area (Å²) in [4.78, 5) is 22.8. The third kappa shape index (κ3) is 3.00. The van der Waals surface area contributed by atoms with Crippen LogP contribution in [0.2, 0.25) is 0 Å². The summed E-state index contributed by atoms with van der Waals surface area (Å²) in [5.74, 6) is 0.901. The lowest BCUT2D eigenvalue weighted by Gasteiger charge is -2.27. The largest absolute Gasteiger partial charge is 0.338 e. The average molecular weight is 389 g/mol. The molecule has 2 N–H and O–H groups in total. The SMILES string of the molecule is Cc1cc(-c2nc(-c3ccc(N4CCCNC4=O)cc3)no2)c2c(C)[nH]nc2n1. The van der Waals surface area contributed by atoms with Crippen LogP contribution in [-0.4, -0.2) is 44.4 Å². The van der Waals surface area contributed by atoms with E-state index < -0.39 is 0 Å². The first kappa shape index (κ1) is 17.4. The summed E-state index contributed by atoms with van der Waals surface area (Å²) in [6, 6.07) is 9.42. The van der Waals surface area contributed by atoms with Gasteiger partial charge in [-0.05, 0) is 50.6 Å². The van der Waals surface area contributed by atoms with Gasteiger partial charge in [0.2, 0.25) is 5.82 Å². The molecule has 0 atom stereocenters. The van der Waals surface area contributed by atoms with Crippen molar-refractivity contribution in [3.8, 4) is 22.8 Å². The van der Waals surface area contributed by atoms with Gasteiger partial charge >= 0.3 is 6.03 Å². The lowest BCUT2D eigenvalue weighted by Crippen LogP contribution is -2.46. The van der Waals surface area contributed by atoms with Crippen LogP contribution in [0.4, 0.5) is 10.5 Å². The molecule has 1 aliphatic heterocycles. The second kappa shape index (κ2) is 6.69. The number of carbonyl (C=O) groups excluding carboxylic acids is 1. The molecule has 3 aromatic heterocycles. The van der Waals surface area contributed by atoms with Gasteiger partial charge in [-0.25, -0.2) is 9.78 Å². The number of H-pyrrole nitrogens is 1. The van der Waals surface area contributed by atoms with E-state index in [1.807, 2.05) is 44.2 Å². The molecule has 9 nitrogen and oxygen atoms in total. The van der Waals surface area contributed by atoms with Crippen molar-refractivity contribution in [1.29, 1.82) is 0 Å². The molecule has 1 saturated heterocycles. The van der Waals surface area contributed by atoms with Gasteiger partial charge in [-0.2, -0.15) is 10.1 Å². The number of aromatic nitrogens is 5. The zero-order valence-electron chi connectivity index (χ0n) is 16.1. The number of carbonyl (C=O) groups is 1. The monoisotopic (exact) mass is 389 g/mol. The van der Waals surface area contributed by atoms with E-state index in [1.165, 1.54) is 0 Å². The predicted octanol–water partition coefficient (Wildman–Crippen LogP) is 3.21. The molecule has 0 spiro atoms. The summed E-state index contributed by atoms with van der Waals surface area (Å²) in [6.45, 7) is 5.26. The van der Waals surface area contributed by atoms with Gasteiger partial charge in [-0.3, -0.25) is 10.00 Å². The fourth-order valence-electron chi connectivity index (χ4n) is 3.59. The van der Waals surface area contributed by atoms with E-state index in [0.29, 0.717) is 23.9 Å². The zero-order chi connectivity index (χ0) is 20.0. The third-order valence-corrected chi connectivity index (χ3v) is 5.01. The molecule has 0 unspecified atom stereocenters. The molecule has 2 amide bonds. The van der Waals surface area contributed by atoms with Gasteiger partial charge in [0.05, 0.1) is 10.9 Å². The molecule has 146 valence electrons. The lowest BCUT2D eigenvalue weighted by atomic mass is 10.1. The summed E-state index contributed by atoms with van der Waals surface area (Å²) in [7, 11) is 0. The summed E-state index contributed by atoms with van der Waals surface area (Å²) in [5.41, 5.74) is 4.80. The Kier molecular flexibility index (Phi) is 4.01. The first-order valence-corrected chi connectivity index (χ1v) is 9.42. The van der Waals surface area contributed by atoms with E-state index in [0.717, 1.165) is 46.6 Å². The molecule has 29 heavy (non-hydrogen) atoms. The Morgan fingerprint density at radius 1 is 1.14 bits per heavy atom. The van der Waals surface area contributed by atoms with Crippen LogP contribution < -0.4 is 10.2 Å². The fourth-order valence-corrected chi connectivity index (χ4v) is 3.59. The molecular formula is C20H19N7O2. The molecule has 0 aliphatic carbocycles. The number of nitrogens with one attached hydrogen (secondary N) is 2. The Hall–Kier alpha value is -3.75. The number of rotatable bonds is 3. The predicted molar refractivity (Wildman–Crippen MR) is 107 cm³/mol. The highest BCUT2D eigenvalue weighted by Gasteiger charge is 2.20. The Balaban J connectivity index is 1.48. The number of hydrogen-bond donors (Lipinski definition) is 2. The minimum Gasteiger partial charge on any atom is -0.338 e. The second-order valence-corrected chi connectivity index (χ2v) is 7.07. The first-order chi connectivity index (χ1) is 14.1. The van der Waals surface area contributed by atoms with Crippen LogP contribution in [0.25, 0.3) is 33.9 Å². The van der Waals surface area contributed by atoms with Crippen LogP contribution in [0.15, 0.2) is 34.9 Å². The number of hydrogen-bond acceptors (Lipinski definition) is 6. The number of fused-ring (bicyclic) bond motifs is 1. The molecule has 0 saturated carbocycles. The topological polar surface area (TPSA) is 113 Å². The van der Waals surface area contributed by atoms with Crippen molar-refractivity contribution in [2.45, 2.75) is 20.3 Å². The maximum atomic E-state index is 12.0. The fraction of sp³-hybridized carbons (Fsp3) is 0.250. The van der Waals surface area contributed by atoms with Crippen LogP contribution in [0, 0.1) is 13.8 Å². The number of aromatic amines is 1. The van der Waals surface area contributed by atoms with E-state index in [2.05, 4.69) is 30.6 Å². The molecule has 4 aromatic rings. The standard InChI is InChI=1S/C20H19N7O2/c1-11-10-15(16-12(2)24-25-18(16)22-11)19-23-17(26-29-19)13-4-6-14(7-5-13)27-9-3-8-21-20(27)28/h4-7,10H,3,8-9H2,1-2H3,(H,21,28)(H,22,24,25). The number of nitrogens with zero attached hydrogens (tertiary/aromatic N) is 5. The number of aryl methyl sites for hydroxylation is 2. The van der Waals surface area contributed by atoms with Gasteiger partial charge in [0.1, 0.15) is 0 Å². The number of pyridine rings is 1. The molecule has 0 bridgehead atoms. The van der Waals surface area contributed by atoms with Crippen molar-refractivity contribution < 1.29 is 9.32 Å². The van der Waals surface area contributed by atoms with Crippen LogP contribution >= 0.6 is 0 Å². The van der Waals surface area contributed by atoms with Crippen molar-refractivity contribution in [2.75, 3.05) is 18.0 Å². The Morgan fingerprint density at radius 2 is 1.97 bits per heavy atom. The first-order valence-electron chi connectivity index (χ1n) is 9.42. The summed E-state index contributed by atoms with van der Waals surface area (Å²) in [6.07, 6.45) is 0.926. The smallest absolute Gasteiger partial charge is 0.321 e. The molecule has 1 aromatic carbocycles. The van der Waals surface area contributed by atoms with Crippen LogP contribution in [-0.2, 0) is 0 Å². The lowest BCUT2D eigenvalue weighted by molar-refractivity contribution is 0.243. The molecule has 4 heterocycles. The zero-order valence-corrected chi connectivity index (χ0v) is 16.1. The molecule has 1 fully saturated rings. The highest BCUT2D eigenvalue weighted by Crippen LogP contribution is 2.30. The van der Waals surface area contributed by atoms with Gasteiger partial charge < -0.3 is 9.84 Å². The van der Waals surface area contributed by atoms with Crippen molar-refractivity contribution in [2.24, 2.45) is 0 Å². The van der Waals surface area contributed by atoms with E-state index in [1.54, 1.807) is 4.90 Å². The number of amides is 2. The van der Waals surface area contributed by atoms with Crippen molar-refractivity contribution in [1.82, 2.24) is 30.6 Å². The number of benzene rings is 1. The number of anilines is 1. The average Bonchev–Trinajstić information content (AvgIpc) is 3.36. The molecule has 5 rings (SSSR count). The molecular weight excluding hydrogens is 370 g/mol. The van der Waals surface area contributed by atoms with E-state index in [-0.39, 0.29) is 6.03 Å². The minimum absolute atomic E-state index is 0.0709. The third-order valence-electron chi connectivity index (χ3n) is 5.01. The van der Waals surface area contributed by atoms with Crippen molar-refractivity contribution in [3.63, 3.8) is 0 Å². The van der Waals surface area contributed by atoms with Crippen LogP contribution in [0.5, 0.6) is 0 Å². The second-order valence-electron chi connectivity index (χ2n) is 7.07. The normalized spacial score (nSPS) is 14.4. The maximum Gasteiger partial charge on any atom is 0.321 e. The van der Waals surface area contributed by atoms with Crippen LogP contribution in [0.1, 0.15) is 17.8 Å². The minimum atomic E-state index is -0.0709.